The van der Waals surface area contributed by atoms with Crippen LogP contribution >= 0.6 is 0 Å². The third kappa shape index (κ3) is 7.20. The first-order chi connectivity index (χ1) is 8.80. The zero-order valence-electron chi connectivity index (χ0n) is 15.3. The molecule has 20 heavy (non-hydrogen) atoms. The van der Waals surface area contributed by atoms with Crippen molar-refractivity contribution in [2.75, 3.05) is 0 Å². The molecule has 0 N–H and O–H groups in total. The molecule has 0 unspecified atom stereocenters. The van der Waals surface area contributed by atoms with E-state index in [1.54, 1.807) is 0 Å². The smallest absolute Gasteiger partial charge is 0.368 e. The first-order valence-corrected chi connectivity index (χ1v) is 10.1. The Morgan fingerprint density at radius 2 is 0.800 bits per heavy atom. The van der Waals surface area contributed by atoms with Gasteiger partial charge < -0.3 is 13.3 Å². The standard InChI is InChI=1S/C16H36O3Si/c1-11-14(4,5)17-20(10,18-15(6,7)12-2)19-16(8,9)13-3/h11-13H2,1-10H3. The van der Waals surface area contributed by atoms with Gasteiger partial charge in [0.25, 0.3) is 0 Å². The molecule has 0 heterocycles. The van der Waals surface area contributed by atoms with Crippen LogP contribution in [0.4, 0.5) is 0 Å². The highest BCUT2D eigenvalue weighted by Gasteiger charge is 2.47. The Morgan fingerprint density at radius 3 is 0.950 bits per heavy atom. The minimum atomic E-state index is -2.72. The molecule has 122 valence electrons. The largest absolute Gasteiger partial charge is 0.498 e. The summed E-state index contributed by atoms with van der Waals surface area (Å²) in [5.41, 5.74) is -0.683. The highest BCUT2D eigenvalue weighted by Crippen LogP contribution is 2.32. The molecule has 0 saturated heterocycles. The van der Waals surface area contributed by atoms with Crippen molar-refractivity contribution >= 4 is 8.80 Å². The second-order valence-electron chi connectivity index (χ2n) is 7.51. The lowest BCUT2D eigenvalue weighted by atomic mass is 10.1. The Bertz CT molecular complexity index is 253. The molecule has 0 aromatic heterocycles. The lowest BCUT2D eigenvalue weighted by Crippen LogP contribution is -2.56. The van der Waals surface area contributed by atoms with Gasteiger partial charge in [0, 0.05) is 6.55 Å². The average Bonchev–Trinajstić information content (AvgIpc) is 2.26. The fourth-order valence-corrected chi connectivity index (χ4v) is 5.35. The van der Waals surface area contributed by atoms with Crippen molar-refractivity contribution < 1.29 is 13.3 Å². The van der Waals surface area contributed by atoms with Crippen LogP contribution in [0.15, 0.2) is 0 Å². The maximum absolute atomic E-state index is 6.34. The van der Waals surface area contributed by atoms with Crippen LogP contribution in [0.2, 0.25) is 6.55 Å². The fourth-order valence-electron chi connectivity index (χ4n) is 1.78. The third-order valence-corrected chi connectivity index (χ3v) is 6.71. The molecule has 0 rings (SSSR count). The molecule has 4 heteroatoms. The number of hydrogen-bond donors (Lipinski definition) is 0. The first-order valence-electron chi connectivity index (χ1n) is 7.91. The van der Waals surface area contributed by atoms with Crippen molar-refractivity contribution in [2.24, 2.45) is 0 Å². The molecule has 0 spiro atoms. The Kier molecular flexibility index (Phi) is 6.94. The minimum Gasteiger partial charge on any atom is -0.368 e. The molecular formula is C16H36O3Si. The second kappa shape index (κ2) is 6.90. The van der Waals surface area contributed by atoms with Crippen LogP contribution in [0.5, 0.6) is 0 Å². The highest BCUT2D eigenvalue weighted by atomic mass is 28.4. The zero-order valence-corrected chi connectivity index (χ0v) is 16.3. The van der Waals surface area contributed by atoms with Gasteiger partial charge in [0.1, 0.15) is 0 Å². The molecule has 0 aliphatic rings. The van der Waals surface area contributed by atoms with E-state index >= 15 is 0 Å². The third-order valence-electron chi connectivity index (χ3n) is 3.94. The summed E-state index contributed by atoms with van der Waals surface area (Å²) in [6, 6.07) is 0. The maximum atomic E-state index is 6.34. The van der Waals surface area contributed by atoms with Gasteiger partial charge in [-0.25, -0.2) is 0 Å². The van der Waals surface area contributed by atoms with Gasteiger partial charge >= 0.3 is 8.80 Å². The molecule has 0 aliphatic heterocycles. The van der Waals surface area contributed by atoms with E-state index < -0.39 is 8.80 Å². The van der Waals surface area contributed by atoms with Gasteiger partial charge in [-0.1, -0.05) is 20.8 Å². The van der Waals surface area contributed by atoms with E-state index in [0.717, 1.165) is 19.3 Å². The van der Waals surface area contributed by atoms with Crippen molar-refractivity contribution in [2.45, 2.75) is 105 Å². The maximum Gasteiger partial charge on any atom is 0.498 e. The monoisotopic (exact) mass is 304 g/mol. The molecule has 0 saturated carbocycles. The first kappa shape index (κ1) is 20.1. The Balaban J connectivity index is 5.23. The molecule has 0 amide bonds. The predicted octanol–water partition coefficient (Wildman–Crippen LogP) is 5.17. The van der Waals surface area contributed by atoms with Gasteiger partial charge in [0.05, 0.1) is 16.8 Å². The van der Waals surface area contributed by atoms with E-state index in [1.807, 2.05) is 6.55 Å². The van der Waals surface area contributed by atoms with Crippen LogP contribution in [-0.2, 0) is 13.3 Å². The average molecular weight is 305 g/mol. The molecule has 0 aromatic rings. The van der Waals surface area contributed by atoms with Crippen molar-refractivity contribution in [3.05, 3.63) is 0 Å². The van der Waals surface area contributed by atoms with Crippen molar-refractivity contribution in [1.82, 2.24) is 0 Å². The van der Waals surface area contributed by atoms with Crippen LogP contribution in [-0.4, -0.2) is 25.6 Å². The lowest BCUT2D eigenvalue weighted by molar-refractivity contribution is -0.0865. The highest BCUT2D eigenvalue weighted by molar-refractivity contribution is 6.59. The van der Waals surface area contributed by atoms with E-state index in [0.29, 0.717) is 0 Å². The van der Waals surface area contributed by atoms with Crippen molar-refractivity contribution in [3.8, 4) is 0 Å². The lowest BCUT2D eigenvalue weighted by Gasteiger charge is -2.43. The summed E-state index contributed by atoms with van der Waals surface area (Å²) in [6.45, 7) is 21.0. The van der Waals surface area contributed by atoms with Gasteiger partial charge in [0.15, 0.2) is 0 Å². The Hall–Kier alpha value is 0.0969. The van der Waals surface area contributed by atoms with Crippen LogP contribution in [0, 0.1) is 0 Å². The molecule has 0 aromatic carbocycles. The number of rotatable bonds is 9. The molecule has 0 radical (unpaired) electrons. The van der Waals surface area contributed by atoms with Crippen LogP contribution in [0.3, 0.4) is 0 Å². The van der Waals surface area contributed by atoms with Gasteiger partial charge in [-0.2, -0.15) is 0 Å². The second-order valence-corrected chi connectivity index (χ2v) is 9.85. The summed E-state index contributed by atoms with van der Waals surface area (Å²) in [5.74, 6) is 0. The van der Waals surface area contributed by atoms with E-state index in [-0.39, 0.29) is 16.8 Å². The van der Waals surface area contributed by atoms with Gasteiger partial charge in [-0.05, 0) is 60.8 Å². The minimum absolute atomic E-state index is 0.228. The normalized spacial score (nSPS) is 14.7. The van der Waals surface area contributed by atoms with Crippen LogP contribution < -0.4 is 0 Å². The summed E-state index contributed by atoms with van der Waals surface area (Å²) >= 11 is 0. The summed E-state index contributed by atoms with van der Waals surface area (Å²) in [6.07, 6.45) is 2.80. The predicted molar refractivity (Wildman–Crippen MR) is 88.0 cm³/mol. The molecule has 0 fully saturated rings. The SMILES string of the molecule is CCC(C)(C)O[Si](C)(OC(C)(C)CC)OC(C)(C)CC. The quantitative estimate of drug-likeness (QED) is 0.550. The molecular weight excluding hydrogens is 268 g/mol. The molecule has 3 nitrogen and oxygen atoms in total. The van der Waals surface area contributed by atoms with Gasteiger partial charge in [0.2, 0.25) is 0 Å². The van der Waals surface area contributed by atoms with Crippen molar-refractivity contribution in [3.63, 3.8) is 0 Å². The molecule has 0 atom stereocenters. The topological polar surface area (TPSA) is 27.7 Å². The van der Waals surface area contributed by atoms with E-state index in [1.165, 1.54) is 0 Å². The summed E-state index contributed by atoms with van der Waals surface area (Å²) < 4.78 is 19.0. The van der Waals surface area contributed by atoms with Gasteiger partial charge in [-0.15, -0.1) is 0 Å². The van der Waals surface area contributed by atoms with Crippen LogP contribution in [0.25, 0.3) is 0 Å². The molecule has 0 bridgehead atoms. The Labute approximate surface area is 127 Å². The molecule has 0 aliphatic carbocycles. The summed E-state index contributed by atoms with van der Waals surface area (Å²) in [5, 5.41) is 0. The van der Waals surface area contributed by atoms with E-state index in [2.05, 4.69) is 62.3 Å². The summed E-state index contributed by atoms with van der Waals surface area (Å²) in [7, 11) is -2.72. The van der Waals surface area contributed by atoms with Crippen LogP contribution in [0.1, 0.15) is 81.6 Å². The van der Waals surface area contributed by atoms with Gasteiger partial charge in [-0.3, -0.25) is 0 Å². The Morgan fingerprint density at radius 1 is 0.600 bits per heavy atom. The summed E-state index contributed by atoms with van der Waals surface area (Å²) in [4.78, 5) is 0. The van der Waals surface area contributed by atoms with Crippen molar-refractivity contribution in [1.29, 1.82) is 0 Å². The fraction of sp³-hybridized carbons (Fsp3) is 1.00. The van der Waals surface area contributed by atoms with E-state index in [4.69, 9.17) is 13.3 Å². The van der Waals surface area contributed by atoms with E-state index in [9.17, 15) is 0 Å². The number of hydrogen-bond acceptors (Lipinski definition) is 3. The zero-order chi connectivity index (χ0) is 16.2.